The summed E-state index contributed by atoms with van der Waals surface area (Å²) < 4.78 is 5.16. The van der Waals surface area contributed by atoms with Crippen LogP contribution in [0.15, 0.2) is 45.1 Å². The minimum atomic E-state index is -0.401. The van der Waals surface area contributed by atoms with Crippen LogP contribution in [0.25, 0.3) is 0 Å². The fraction of sp³-hybridized carbons (Fsp3) is 0.250. The highest BCUT2D eigenvalue weighted by Crippen LogP contribution is 2.22. The molecule has 0 atom stereocenters. The highest BCUT2D eigenvalue weighted by atomic mass is 32.1. The van der Waals surface area contributed by atoms with Gasteiger partial charge in [-0.05, 0) is 36.3 Å². The van der Waals surface area contributed by atoms with Crippen molar-refractivity contribution in [2.75, 3.05) is 0 Å². The Labute approximate surface area is 126 Å². The monoisotopic (exact) mass is 301 g/mol. The van der Waals surface area contributed by atoms with Crippen molar-refractivity contribution in [3.05, 3.63) is 68.0 Å². The fourth-order valence-electron chi connectivity index (χ4n) is 2.56. The van der Waals surface area contributed by atoms with Crippen LogP contribution in [-0.2, 0) is 19.3 Å². The second-order valence-electron chi connectivity index (χ2n) is 5.06. The summed E-state index contributed by atoms with van der Waals surface area (Å²) in [6.07, 6.45) is 2.91. The highest BCUT2D eigenvalue weighted by molar-refractivity contribution is 7.09. The second kappa shape index (κ2) is 5.69. The van der Waals surface area contributed by atoms with E-state index < -0.39 is 5.63 Å². The molecule has 2 aromatic rings. The molecular formula is C16H15NO3S. The van der Waals surface area contributed by atoms with Crippen LogP contribution in [0, 0.1) is 0 Å². The van der Waals surface area contributed by atoms with Crippen LogP contribution in [0.1, 0.15) is 33.0 Å². The number of allylic oxidation sites excluding steroid dienone is 1. The van der Waals surface area contributed by atoms with E-state index in [9.17, 15) is 9.59 Å². The molecule has 0 aromatic carbocycles. The van der Waals surface area contributed by atoms with E-state index in [2.05, 4.69) is 18.0 Å². The van der Waals surface area contributed by atoms with Gasteiger partial charge in [-0.3, -0.25) is 4.79 Å². The Balaban J connectivity index is 1.83. The van der Waals surface area contributed by atoms with E-state index in [4.69, 9.17) is 4.42 Å². The molecule has 3 rings (SSSR count). The molecule has 3 heterocycles. The predicted molar refractivity (Wildman–Crippen MR) is 81.6 cm³/mol. The third kappa shape index (κ3) is 2.97. The van der Waals surface area contributed by atoms with Crippen LogP contribution in [0.4, 0.5) is 0 Å². The zero-order chi connectivity index (χ0) is 14.8. The number of thiophene rings is 1. The number of rotatable bonds is 4. The molecule has 108 valence electrons. The van der Waals surface area contributed by atoms with Gasteiger partial charge in [0.05, 0.1) is 5.56 Å². The lowest BCUT2D eigenvalue weighted by atomic mass is 9.97. The average molecular weight is 301 g/mol. The standard InChI is InChI=1S/C16H15NO3S/c1-10-8-13-15(16(19)17-10)11(9-14(18)20-13)4-2-5-12-6-3-7-21-12/h3,6-7,9H,1-2,4-5,8H2,(H,17,19). The van der Waals surface area contributed by atoms with Crippen molar-refractivity contribution in [1.29, 1.82) is 0 Å². The smallest absolute Gasteiger partial charge is 0.336 e. The van der Waals surface area contributed by atoms with Gasteiger partial charge in [0.1, 0.15) is 5.76 Å². The summed E-state index contributed by atoms with van der Waals surface area (Å²) >= 11 is 1.72. The van der Waals surface area contributed by atoms with E-state index in [1.165, 1.54) is 10.9 Å². The number of aryl methyl sites for hydroxylation is 2. The number of carbonyl (C=O) groups is 1. The van der Waals surface area contributed by atoms with Gasteiger partial charge in [0.25, 0.3) is 5.91 Å². The Hall–Kier alpha value is -2.14. The Morgan fingerprint density at radius 1 is 1.33 bits per heavy atom. The summed E-state index contributed by atoms with van der Waals surface area (Å²) in [6, 6.07) is 5.55. The van der Waals surface area contributed by atoms with Gasteiger partial charge < -0.3 is 9.73 Å². The van der Waals surface area contributed by atoms with Gasteiger partial charge in [-0.15, -0.1) is 11.3 Å². The first-order valence-electron chi connectivity index (χ1n) is 6.81. The van der Waals surface area contributed by atoms with E-state index >= 15 is 0 Å². The first-order valence-corrected chi connectivity index (χ1v) is 7.69. The maximum atomic E-state index is 12.1. The van der Waals surface area contributed by atoms with Gasteiger partial charge in [0.15, 0.2) is 0 Å². The van der Waals surface area contributed by atoms with Gasteiger partial charge in [0.2, 0.25) is 0 Å². The van der Waals surface area contributed by atoms with Gasteiger partial charge in [-0.1, -0.05) is 12.6 Å². The molecular weight excluding hydrogens is 286 g/mol. The third-order valence-corrected chi connectivity index (χ3v) is 4.39. The Bertz CT molecular complexity index is 743. The molecule has 0 bridgehead atoms. The van der Waals surface area contributed by atoms with Gasteiger partial charge in [0, 0.05) is 23.1 Å². The lowest BCUT2D eigenvalue weighted by Gasteiger charge is -2.19. The highest BCUT2D eigenvalue weighted by Gasteiger charge is 2.25. The Morgan fingerprint density at radius 3 is 2.95 bits per heavy atom. The van der Waals surface area contributed by atoms with Crippen LogP contribution in [-0.4, -0.2) is 5.91 Å². The largest absolute Gasteiger partial charge is 0.427 e. The molecule has 0 unspecified atom stereocenters. The molecule has 4 nitrogen and oxygen atoms in total. The number of hydrogen-bond donors (Lipinski definition) is 1. The van der Waals surface area contributed by atoms with Gasteiger partial charge in [-0.25, -0.2) is 4.79 Å². The SMILES string of the molecule is C=C1Cc2oc(=O)cc(CCCc3cccs3)c2C(=O)N1. The molecule has 1 aliphatic rings. The quantitative estimate of drug-likeness (QED) is 0.944. The molecule has 21 heavy (non-hydrogen) atoms. The van der Waals surface area contributed by atoms with Crippen LogP contribution in [0.5, 0.6) is 0 Å². The van der Waals surface area contributed by atoms with Gasteiger partial charge >= 0.3 is 5.63 Å². The average Bonchev–Trinajstić information content (AvgIpc) is 2.90. The van der Waals surface area contributed by atoms with Crippen molar-refractivity contribution in [3.8, 4) is 0 Å². The van der Waals surface area contributed by atoms with Crippen molar-refractivity contribution >= 4 is 17.2 Å². The van der Waals surface area contributed by atoms with Crippen LogP contribution >= 0.6 is 11.3 Å². The topological polar surface area (TPSA) is 59.3 Å². The number of fused-ring (bicyclic) bond motifs is 1. The summed E-state index contributed by atoms with van der Waals surface area (Å²) in [6.45, 7) is 3.73. The van der Waals surface area contributed by atoms with Crippen molar-refractivity contribution in [2.45, 2.75) is 25.7 Å². The third-order valence-electron chi connectivity index (χ3n) is 3.46. The first-order chi connectivity index (χ1) is 10.1. The molecule has 0 radical (unpaired) electrons. The minimum absolute atomic E-state index is 0.226. The zero-order valence-electron chi connectivity index (χ0n) is 11.5. The molecule has 5 heteroatoms. The normalized spacial score (nSPS) is 13.9. The molecule has 0 spiro atoms. The van der Waals surface area contributed by atoms with Crippen LogP contribution in [0.3, 0.4) is 0 Å². The van der Waals surface area contributed by atoms with Crippen molar-refractivity contribution in [1.82, 2.24) is 5.32 Å². The summed E-state index contributed by atoms with van der Waals surface area (Å²) in [5.74, 6) is 0.207. The van der Waals surface area contributed by atoms with Crippen molar-refractivity contribution in [2.24, 2.45) is 0 Å². The summed E-state index contributed by atoms with van der Waals surface area (Å²) in [5.41, 5.74) is 1.43. The summed E-state index contributed by atoms with van der Waals surface area (Å²) in [5, 5.41) is 4.75. The maximum absolute atomic E-state index is 12.1. The van der Waals surface area contributed by atoms with E-state index in [1.807, 2.05) is 11.4 Å². The van der Waals surface area contributed by atoms with Crippen LogP contribution < -0.4 is 10.9 Å². The molecule has 2 aromatic heterocycles. The molecule has 0 saturated carbocycles. The molecule has 0 saturated heterocycles. The lowest BCUT2D eigenvalue weighted by Crippen LogP contribution is -2.32. The molecule has 0 aliphatic carbocycles. The Kier molecular flexibility index (Phi) is 3.75. The molecule has 1 aliphatic heterocycles. The van der Waals surface area contributed by atoms with Crippen LogP contribution in [0.2, 0.25) is 0 Å². The lowest BCUT2D eigenvalue weighted by molar-refractivity contribution is 0.0952. The number of carbonyl (C=O) groups excluding carboxylic acids is 1. The first kappa shape index (κ1) is 13.8. The Morgan fingerprint density at radius 2 is 2.19 bits per heavy atom. The molecule has 1 amide bonds. The van der Waals surface area contributed by atoms with E-state index in [0.717, 1.165) is 18.4 Å². The number of nitrogens with one attached hydrogen (secondary N) is 1. The van der Waals surface area contributed by atoms with E-state index in [1.54, 1.807) is 11.3 Å². The van der Waals surface area contributed by atoms with Crippen molar-refractivity contribution in [3.63, 3.8) is 0 Å². The fourth-order valence-corrected chi connectivity index (χ4v) is 3.31. The zero-order valence-corrected chi connectivity index (χ0v) is 12.3. The molecule has 1 N–H and O–H groups in total. The summed E-state index contributed by atoms with van der Waals surface area (Å²) in [7, 11) is 0. The van der Waals surface area contributed by atoms with Gasteiger partial charge in [-0.2, -0.15) is 0 Å². The second-order valence-corrected chi connectivity index (χ2v) is 6.09. The molecule has 0 fully saturated rings. The van der Waals surface area contributed by atoms with E-state index in [0.29, 0.717) is 29.9 Å². The summed E-state index contributed by atoms with van der Waals surface area (Å²) in [4.78, 5) is 25.0. The maximum Gasteiger partial charge on any atom is 0.336 e. The van der Waals surface area contributed by atoms with E-state index in [-0.39, 0.29) is 5.91 Å². The number of hydrogen-bond acceptors (Lipinski definition) is 4. The number of amides is 1. The minimum Gasteiger partial charge on any atom is -0.427 e. The van der Waals surface area contributed by atoms with Crippen molar-refractivity contribution < 1.29 is 9.21 Å². The predicted octanol–water partition coefficient (Wildman–Crippen LogP) is 2.68.